The zero-order valence-corrected chi connectivity index (χ0v) is 30.4. The summed E-state index contributed by atoms with van der Waals surface area (Å²) in [6, 6.07) is 7.40. The second-order valence-corrected chi connectivity index (χ2v) is 14.0. The SMILES string of the molecule is Cc1ncsc1-c1ccc(CNC(=O)[C@@H]2C[C@@H](O)CN2C[C@@H](NC(=O)CCOCCOCCOCCOCCOCCN)C(C)(C)C)cc1. The van der Waals surface area contributed by atoms with Crippen LogP contribution in [0.2, 0.25) is 0 Å². The van der Waals surface area contributed by atoms with Gasteiger partial charge in [-0.3, -0.25) is 14.5 Å². The van der Waals surface area contributed by atoms with E-state index < -0.39 is 12.1 Å². The van der Waals surface area contributed by atoms with Crippen molar-refractivity contribution in [2.45, 2.75) is 65.3 Å². The third-order valence-corrected chi connectivity index (χ3v) is 9.11. The number of aryl methyl sites for hydroxylation is 1. The largest absolute Gasteiger partial charge is 0.392 e. The molecule has 0 bridgehead atoms. The summed E-state index contributed by atoms with van der Waals surface area (Å²) < 4.78 is 27.2. The van der Waals surface area contributed by atoms with Gasteiger partial charge in [-0.25, -0.2) is 4.98 Å². The van der Waals surface area contributed by atoms with E-state index in [0.29, 0.717) is 92.1 Å². The van der Waals surface area contributed by atoms with Gasteiger partial charge in [-0.1, -0.05) is 45.0 Å². The molecular weight excluding hydrogens is 650 g/mol. The van der Waals surface area contributed by atoms with Crippen molar-refractivity contribution in [3.63, 3.8) is 0 Å². The predicted octanol–water partition coefficient (Wildman–Crippen LogP) is 2.13. The van der Waals surface area contributed by atoms with E-state index in [9.17, 15) is 14.7 Å². The van der Waals surface area contributed by atoms with Gasteiger partial charge in [-0.15, -0.1) is 11.3 Å². The highest BCUT2D eigenvalue weighted by Crippen LogP contribution is 2.28. The number of β-amino-alcohol motifs (C(OH)–C–C–N with tert-alkyl or cyclic N) is 1. The minimum Gasteiger partial charge on any atom is -0.392 e. The number of likely N-dealkylation sites (tertiary alicyclic amines) is 1. The van der Waals surface area contributed by atoms with Gasteiger partial charge in [0.1, 0.15) is 0 Å². The van der Waals surface area contributed by atoms with Crippen molar-refractivity contribution >= 4 is 23.2 Å². The fraction of sp³-hybridized carbons (Fsp3) is 0.686. The van der Waals surface area contributed by atoms with Crippen LogP contribution in [0, 0.1) is 12.3 Å². The average molecular weight is 708 g/mol. The number of thiazole rings is 1. The fourth-order valence-corrected chi connectivity index (χ4v) is 6.09. The van der Waals surface area contributed by atoms with Crippen molar-refractivity contribution in [1.82, 2.24) is 20.5 Å². The van der Waals surface area contributed by atoms with E-state index in [2.05, 4.69) is 36.4 Å². The van der Waals surface area contributed by atoms with Gasteiger partial charge < -0.3 is 45.2 Å². The maximum Gasteiger partial charge on any atom is 0.237 e. The molecule has 2 aromatic rings. The van der Waals surface area contributed by atoms with Gasteiger partial charge in [0.15, 0.2) is 0 Å². The average Bonchev–Trinajstić information content (AvgIpc) is 3.67. The minimum absolute atomic E-state index is 0.125. The molecule has 0 radical (unpaired) electrons. The molecule has 276 valence electrons. The first-order chi connectivity index (χ1) is 23.6. The molecule has 2 heterocycles. The van der Waals surface area contributed by atoms with E-state index in [1.807, 2.05) is 41.6 Å². The zero-order chi connectivity index (χ0) is 35.5. The van der Waals surface area contributed by atoms with Crippen molar-refractivity contribution in [2.75, 3.05) is 85.7 Å². The molecule has 0 saturated carbocycles. The topological polar surface area (TPSA) is 167 Å². The summed E-state index contributed by atoms with van der Waals surface area (Å²) in [4.78, 5) is 33.6. The Kier molecular flexibility index (Phi) is 18.6. The van der Waals surface area contributed by atoms with Gasteiger partial charge in [-0.05, 0) is 29.9 Å². The highest BCUT2D eigenvalue weighted by molar-refractivity contribution is 7.13. The van der Waals surface area contributed by atoms with Crippen LogP contribution in [-0.2, 0) is 39.8 Å². The molecule has 13 nitrogen and oxygen atoms in total. The Morgan fingerprint density at radius 1 is 0.959 bits per heavy atom. The molecule has 5 N–H and O–H groups in total. The summed E-state index contributed by atoms with van der Waals surface area (Å²) in [6.45, 7) is 14.4. The number of aliphatic hydroxyl groups is 1. The number of hydrogen-bond donors (Lipinski definition) is 4. The third-order valence-electron chi connectivity index (χ3n) is 8.13. The Morgan fingerprint density at radius 3 is 2.06 bits per heavy atom. The number of amides is 2. The zero-order valence-electron chi connectivity index (χ0n) is 29.6. The van der Waals surface area contributed by atoms with Crippen molar-refractivity contribution in [2.24, 2.45) is 11.1 Å². The number of aliphatic hydroxyl groups excluding tert-OH is 1. The second-order valence-electron chi connectivity index (χ2n) is 13.1. The number of carbonyl (C=O) groups is 2. The first kappa shape index (κ1) is 40.9. The number of benzene rings is 1. The molecule has 1 aromatic carbocycles. The smallest absolute Gasteiger partial charge is 0.237 e. The quantitative estimate of drug-likeness (QED) is 0.118. The van der Waals surface area contributed by atoms with Crippen molar-refractivity contribution in [3.8, 4) is 10.4 Å². The Morgan fingerprint density at radius 2 is 1.53 bits per heavy atom. The molecule has 1 saturated heterocycles. The molecule has 0 aliphatic carbocycles. The number of ether oxygens (including phenoxy) is 5. The van der Waals surface area contributed by atoms with Gasteiger partial charge in [0, 0.05) is 38.6 Å². The summed E-state index contributed by atoms with van der Waals surface area (Å²) in [5, 5.41) is 16.7. The number of aromatic nitrogens is 1. The number of carbonyl (C=O) groups excluding carboxylic acids is 2. The summed E-state index contributed by atoms with van der Waals surface area (Å²) in [7, 11) is 0. The van der Waals surface area contributed by atoms with Crippen LogP contribution in [0.25, 0.3) is 10.4 Å². The van der Waals surface area contributed by atoms with Crippen molar-refractivity contribution < 1.29 is 38.4 Å². The van der Waals surface area contributed by atoms with Gasteiger partial charge in [0.2, 0.25) is 11.8 Å². The number of hydrogen-bond acceptors (Lipinski definition) is 12. The highest BCUT2D eigenvalue weighted by Gasteiger charge is 2.39. The normalized spacial score (nSPS) is 17.3. The molecule has 14 heteroatoms. The monoisotopic (exact) mass is 707 g/mol. The molecule has 49 heavy (non-hydrogen) atoms. The molecule has 3 atom stereocenters. The standard InChI is InChI=1S/C35H57N5O8S/c1-26-33(49-25-38-26)28-7-5-27(6-8-28)22-37-34(43)30-21-29(41)23-40(30)24-31(35(2,3)4)39-32(42)9-11-44-13-15-46-17-19-48-20-18-47-16-14-45-12-10-36/h5-8,25,29-31,41H,9-24,36H2,1-4H3,(H,37,43)(H,39,42)/t29-,30+,31-/m1/s1. The molecule has 1 fully saturated rings. The summed E-state index contributed by atoms with van der Waals surface area (Å²) in [5.74, 6) is -0.255. The Hall–Kier alpha value is -2.53. The van der Waals surface area contributed by atoms with Crippen LogP contribution in [-0.4, -0.2) is 131 Å². The van der Waals surface area contributed by atoms with Gasteiger partial charge in [0.25, 0.3) is 0 Å². The van der Waals surface area contributed by atoms with E-state index in [0.717, 1.165) is 21.7 Å². The Bertz CT molecular complexity index is 1230. The van der Waals surface area contributed by atoms with Crippen LogP contribution in [0.3, 0.4) is 0 Å². The fourth-order valence-electron chi connectivity index (χ4n) is 5.28. The minimum atomic E-state index is -0.609. The summed E-state index contributed by atoms with van der Waals surface area (Å²) in [6.07, 6.45) is -0.0500. The molecule has 0 spiro atoms. The molecule has 2 amide bonds. The van der Waals surface area contributed by atoms with Crippen LogP contribution in [0.15, 0.2) is 29.8 Å². The maximum atomic E-state index is 13.3. The number of nitrogens with two attached hydrogens (primary N) is 1. The van der Waals surface area contributed by atoms with Crippen LogP contribution >= 0.6 is 11.3 Å². The van der Waals surface area contributed by atoms with Gasteiger partial charge in [0.05, 0.1) is 94.3 Å². The molecule has 1 aliphatic rings. The summed E-state index contributed by atoms with van der Waals surface area (Å²) in [5.41, 5.74) is 10.0. The Balaban J connectivity index is 1.31. The van der Waals surface area contributed by atoms with Crippen molar-refractivity contribution in [3.05, 3.63) is 41.0 Å². The van der Waals surface area contributed by atoms with Gasteiger partial charge in [-0.2, -0.15) is 0 Å². The molecule has 1 aromatic heterocycles. The van der Waals surface area contributed by atoms with Crippen LogP contribution in [0.5, 0.6) is 0 Å². The number of nitrogens with one attached hydrogen (secondary N) is 2. The molecule has 0 unspecified atom stereocenters. The van der Waals surface area contributed by atoms with E-state index in [-0.39, 0.29) is 36.3 Å². The van der Waals surface area contributed by atoms with Crippen LogP contribution < -0.4 is 16.4 Å². The van der Waals surface area contributed by atoms with Crippen molar-refractivity contribution in [1.29, 1.82) is 0 Å². The molecule has 1 aliphatic heterocycles. The van der Waals surface area contributed by atoms with Crippen LogP contribution in [0.4, 0.5) is 0 Å². The first-order valence-corrected chi connectivity index (χ1v) is 18.0. The van der Waals surface area contributed by atoms with E-state index in [1.54, 1.807) is 11.3 Å². The summed E-state index contributed by atoms with van der Waals surface area (Å²) >= 11 is 1.61. The second kappa shape index (κ2) is 22.3. The highest BCUT2D eigenvalue weighted by atomic mass is 32.1. The van der Waals surface area contributed by atoms with E-state index >= 15 is 0 Å². The lowest BCUT2D eigenvalue weighted by atomic mass is 9.86. The third kappa shape index (κ3) is 15.5. The lowest BCUT2D eigenvalue weighted by Crippen LogP contribution is -2.54. The Labute approximate surface area is 295 Å². The maximum absolute atomic E-state index is 13.3. The van der Waals surface area contributed by atoms with Crippen LogP contribution in [0.1, 0.15) is 44.9 Å². The lowest BCUT2D eigenvalue weighted by Gasteiger charge is -2.36. The van der Waals surface area contributed by atoms with E-state index in [1.165, 1.54) is 0 Å². The number of rotatable bonds is 24. The lowest BCUT2D eigenvalue weighted by molar-refractivity contribution is -0.126. The predicted molar refractivity (Wildman–Crippen MR) is 189 cm³/mol. The van der Waals surface area contributed by atoms with Gasteiger partial charge >= 0.3 is 0 Å². The number of nitrogens with zero attached hydrogens (tertiary/aromatic N) is 2. The van der Waals surface area contributed by atoms with E-state index in [4.69, 9.17) is 29.4 Å². The molecular formula is C35H57N5O8S. The first-order valence-electron chi connectivity index (χ1n) is 17.2. The molecule has 3 rings (SSSR count).